The molecule has 2 heteroatoms. The molecule has 0 bridgehead atoms. The van der Waals surface area contributed by atoms with Gasteiger partial charge in [0.1, 0.15) is 5.58 Å². The molecule has 1 aromatic heterocycles. The van der Waals surface area contributed by atoms with Crippen LogP contribution in [0.15, 0.2) is 34.9 Å². The van der Waals surface area contributed by atoms with Gasteiger partial charge in [0.15, 0.2) is 0 Å². The lowest BCUT2D eigenvalue weighted by atomic mass is 9.82. The maximum absolute atomic E-state index is 5.63. The molecule has 3 rings (SSSR count). The smallest absolute Gasteiger partial charge is 0.137 e. The van der Waals surface area contributed by atoms with Gasteiger partial charge in [-0.15, -0.1) is 0 Å². The maximum atomic E-state index is 5.63. The van der Waals surface area contributed by atoms with Gasteiger partial charge in [-0.1, -0.05) is 25.1 Å². The molecule has 0 radical (unpaired) electrons. The van der Waals surface area contributed by atoms with Crippen molar-refractivity contribution < 1.29 is 4.42 Å². The molecule has 2 heterocycles. The van der Waals surface area contributed by atoms with Gasteiger partial charge in [-0.25, -0.2) is 0 Å². The van der Waals surface area contributed by atoms with E-state index in [9.17, 15) is 0 Å². The van der Waals surface area contributed by atoms with E-state index >= 15 is 0 Å². The first kappa shape index (κ1) is 9.91. The van der Waals surface area contributed by atoms with E-state index in [-0.39, 0.29) is 0 Å². The van der Waals surface area contributed by atoms with Crippen LogP contribution in [0.3, 0.4) is 0 Å². The molecular formula is C14H17NO. The summed E-state index contributed by atoms with van der Waals surface area (Å²) in [6.45, 7) is 4.55. The fraction of sp³-hybridized carbons (Fsp3) is 0.429. The highest BCUT2D eigenvalue weighted by Gasteiger charge is 2.24. The lowest BCUT2D eigenvalue weighted by Crippen LogP contribution is -2.33. The van der Waals surface area contributed by atoms with E-state index in [1.165, 1.54) is 17.4 Å². The second-order valence-corrected chi connectivity index (χ2v) is 4.76. The number of furan rings is 1. The quantitative estimate of drug-likeness (QED) is 0.790. The SMILES string of the molecule is C[C@@H]1CNCC[C@@H]1c1cccc2ccoc12. The minimum absolute atomic E-state index is 0.635. The van der Waals surface area contributed by atoms with Crippen LogP contribution in [0.5, 0.6) is 0 Å². The Balaban J connectivity index is 2.07. The Hall–Kier alpha value is -1.28. The van der Waals surface area contributed by atoms with Crippen molar-refractivity contribution in [1.29, 1.82) is 0 Å². The van der Waals surface area contributed by atoms with Crippen LogP contribution in [0.2, 0.25) is 0 Å². The molecule has 16 heavy (non-hydrogen) atoms. The first-order valence-corrected chi connectivity index (χ1v) is 6.03. The average molecular weight is 215 g/mol. The molecule has 0 saturated carbocycles. The van der Waals surface area contributed by atoms with Crippen LogP contribution >= 0.6 is 0 Å². The van der Waals surface area contributed by atoms with Crippen molar-refractivity contribution in [3.8, 4) is 0 Å². The third-order valence-corrected chi connectivity index (χ3v) is 3.69. The van der Waals surface area contributed by atoms with Crippen molar-refractivity contribution in [3.63, 3.8) is 0 Å². The summed E-state index contributed by atoms with van der Waals surface area (Å²) >= 11 is 0. The molecule has 0 spiro atoms. The first-order chi connectivity index (χ1) is 7.86. The summed E-state index contributed by atoms with van der Waals surface area (Å²) in [6, 6.07) is 8.53. The number of hydrogen-bond donors (Lipinski definition) is 1. The lowest BCUT2D eigenvalue weighted by molar-refractivity contribution is 0.349. The summed E-state index contributed by atoms with van der Waals surface area (Å²) in [7, 11) is 0. The van der Waals surface area contributed by atoms with Gasteiger partial charge in [0.05, 0.1) is 6.26 Å². The van der Waals surface area contributed by atoms with E-state index < -0.39 is 0 Å². The number of para-hydroxylation sites is 1. The second-order valence-electron chi connectivity index (χ2n) is 4.76. The molecule has 1 N–H and O–H groups in total. The summed E-state index contributed by atoms with van der Waals surface area (Å²) in [5.74, 6) is 1.32. The number of fused-ring (bicyclic) bond motifs is 1. The van der Waals surface area contributed by atoms with Crippen LogP contribution in [-0.2, 0) is 0 Å². The number of piperidine rings is 1. The second kappa shape index (κ2) is 3.95. The number of benzene rings is 1. The third kappa shape index (κ3) is 1.54. The lowest BCUT2D eigenvalue weighted by Gasteiger charge is -2.29. The Kier molecular flexibility index (Phi) is 2.44. The molecule has 2 nitrogen and oxygen atoms in total. The van der Waals surface area contributed by atoms with Gasteiger partial charge in [-0.2, -0.15) is 0 Å². The largest absolute Gasteiger partial charge is 0.464 e. The normalized spacial score (nSPS) is 26.1. The number of rotatable bonds is 1. The molecule has 1 aliphatic rings. The molecule has 0 amide bonds. The molecule has 2 atom stereocenters. The van der Waals surface area contributed by atoms with Gasteiger partial charge in [0.25, 0.3) is 0 Å². The molecule has 2 aromatic rings. The monoisotopic (exact) mass is 215 g/mol. The number of hydrogen-bond acceptors (Lipinski definition) is 2. The molecule has 0 unspecified atom stereocenters. The van der Waals surface area contributed by atoms with Gasteiger partial charge < -0.3 is 9.73 Å². The Morgan fingerprint density at radius 3 is 3.12 bits per heavy atom. The minimum atomic E-state index is 0.635. The summed E-state index contributed by atoms with van der Waals surface area (Å²) in [5, 5.41) is 4.67. The molecule has 1 fully saturated rings. The van der Waals surface area contributed by atoms with Crippen LogP contribution in [0.1, 0.15) is 24.8 Å². The van der Waals surface area contributed by atoms with Crippen LogP contribution < -0.4 is 5.32 Å². The standard InChI is InChI=1S/C14H17NO/c1-10-9-15-7-5-12(10)13-4-2-3-11-6-8-16-14(11)13/h2-4,6,8,10,12,15H,5,7,9H2,1H3/t10-,12+/m1/s1. The third-order valence-electron chi connectivity index (χ3n) is 3.69. The van der Waals surface area contributed by atoms with E-state index in [4.69, 9.17) is 4.42 Å². The van der Waals surface area contributed by atoms with E-state index in [1.54, 1.807) is 6.26 Å². The van der Waals surface area contributed by atoms with Crippen molar-refractivity contribution in [2.45, 2.75) is 19.3 Å². The van der Waals surface area contributed by atoms with Crippen molar-refractivity contribution in [3.05, 3.63) is 36.1 Å². The van der Waals surface area contributed by atoms with Crippen molar-refractivity contribution in [1.82, 2.24) is 5.32 Å². The van der Waals surface area contributed by atoms with E-state index in [0.717, 1.165) is 18.7 Å². The predicted molar refractivity (Wildman–Crippen MR) is 65.6 cm³/mol. The Morgan fingerprint density at radius 2 is 2.25 bits per heavy atom. The van der Waals surface area contributed by atoms with Crippen LogP contribution in [0, 0.1) is 5.92 Å². The van der Waals surface area contributed by atoms with Crippen LogP contribution in [0.25, 0.3) is 11.0 Å². The maximum Gasteiger partial charge on any atom is 0.137 e. The van der Waals surface area contributed by atoms with Crippen molar-refractivity contribution in [2.24, 2.45) is 5.92 Å². The van der Waals surface area contributed by atoms with Gasteiger partial charge in [0, 0.05) is 5.39 Å². The summed E-state index contributed by atoms with van der Waals surface area (Å²) in [4.78, 5) is 0. The highest BCUT2D eigenvalue weighted by molar-refractivity contribution is 5.80. The molecule has 1 aromatic carbocycles. The topological polar surface area (TPSA) is 25.2 Å². The van der Waals surface area contributed by atoms with E-state index in [1.807, 2.05) is 6.07 Å². The highest BCUT2D eigenvalue weighted by atomic mass is 16.3. The average Bonchev–Trinajstić information content (AvgIpc) is 2.77. The molecule has 1 saturated heterocycles. The first-order valence-electron chi connectivity index (χ1n) is 6.03. The van der Waals surface area contributed by atoms with Gasteiger partial charge in [-0.05, 0) is 43.0 Å². The van der Waals surface area contributed by atoms with Gasteiger partial charge in [-0.3, -0.25) is 0 Å². The molecule has 84 valence electrons. The zero-order chi connectivity index (χ0) is 11.0. The molecule has 0 aliphatic carbocycles. The molecular weight excluding hydrogens is 198 g/mol. The summed E-state index contributed by atoms with van der Waals surface area (Å²) in [5.41, 5.74) is 2.47. The Morgan fingerprint density at radius 1 is 1.31 bits per heavy atom. The summed E-state index contributed by atoms with van der Waals surface area (Å²) < 4.78 is 5.63. The molecule has 1 aliphatic heterocycles. The zero-order valence-corrected chi connectivity index (χ0v) is 9.57. The minimum Gasteiger partial charge on any atom is -0.464 e. The fourth-order valence-corrected chi connectivity index (χ4v) is 2.78. The van der Waals surface area contributed by atoms with Crippen molar-refractivity contribution in [2.75, 3.05) is 13.1 Å². The van der Waals surface area contributed by atoms with Gasteiger partial charge >= 0.3 is 0 Å². The van der Waals surface area contributed by atoms with E-state index in [0.29, 0.717) is 11.8 Å². The van der Waals surface area contributed by atoms with Crippen LogP contribution in [-0.4, -0.2) is 13.1 Å². The van der Waals surface area contributed by atoms with Crippen molar-refractivity contribution >= 4 is 11.0 Å². The van der Waals surface area contributed by atoms with Gasteiger partial charge in [0.2, 0.25) is 0 Å². The fourth-order valence-electron chi connectivity index (χ4n) is 2.78. The summed E-state index contributed by atoms with van der Waals surface area (Å²) in [6.07, 6.45) is 3.00. The zero-order valence-electron chi connectivity index (χ0n) is 9.57. The predicted octanol–water partition coefficient (Wildman–Crippen LogP) is 3.15. The van der Waals surface area contributed by atoms with Crippen LogP contribution in [0.4, 0.5) is 0 Å². The Labute approximate surface area is 95.6 Å². The number of nitrogens with one attached hydrogen (secondary N) is 1. The highest BCUT2D eigenvalue weighted by Crippen LogP contribution is 2.34. The Bertz CT molecular complexity index is 488. The van der Waals surface area contributed by atoms with E-state index in [2.05, 4.69) is 30.4 Å².